The normalized spacial score (nSPS) is 18.2. The molecule has 2 rings (SSSR count). The highest BCUT2D eigenvalue weighted by molar-refractivity contribution is 7.89. The number of likely N-dealkylation sites (tertiary alicyclic amines) is 1. The summed E-state index contributed by atoms with van der Waals surface area (Å²) >= 11 is 0. The van der Waals surface area contributed by atoms with Gasteiger partial charge in [0.15, 0.2) is 0 Å². The molecular weight excluding hydrogens is 336 g/mol. The topological polar surface area (TPSA) is 122 Å². The number of benzene rings is 1. The van der Waals surface area contributed by atoms with E-state index in [1.54, 1.807) is 4.90 Å². The van der Waals surface area contributed by atoms with Crippen molar-refractivity contribution in [2.24, 2.45) is 0 Å². The van der Waals surface area contributed by atoms with E-state index in [1.807, 2.05) is 13.8 Å². The van der Waals surface area contributed by atoms with Crippen molar-refractivity contribution >= 4 is 27.3 Å². The van der Waals surface area contributed by atoms with Gasteiger partial charge in [0, 0.05) is 25.1 Å². The Kier molecular flexibility index (Phi) is 5.09. The van der Waals surface area contributed by atoms with Crippen LogP contribution in [0.1, 0.15) is 20.3 Å². The Labute approximate surface area is 140 Å². The van der Waals surface area contributed by atoms with Crippen molar-refractivity contribution in [3.05, 3.63) is 28.3 Å². The van der Waals surface area contributed by atoms with Crippen molar-refractivity contribution in [3.8, 4) is 0 Å². The van der Waals surface area contributed by atoms with Gasteiger partial charge in [0.25, 0.3) is 5.69 Å². The molecule has 1 aliphatic heterocycles. The number of sulfonamides is 1. The second-order valence-corrected chi connectivity index (χ2v) is 7.72. The standard InChI is InChI=1S/C14H20N4O5S/c1-9(2)17-8-10(6-14(17)19)16-12-5-4-11(24(22,23)15-3)7-13(12)18(20)21/h4-5,7,9-10,15-16H,6,8H2,1-3H3/t10-/m0/s1. The van der Waals surface area contributed by atoms with Crippen LogP contribution in [0.5, 0.6) is 0 Å². The number of nitrogens with one attached hydrogen (secondary N) is 2. The molecule has 0 aliphatic carbocycles. The van der Waals surface area contributed by atoms with Gasteiger partial charge in [-0.05, 0) is 33.0 Å². The number of amides is 1. The van der Waals surface area contributed by atoms with Gasteiger partial charge in [-0.2, -0.15) is 0 Å². The zero-order valence-electron chi connectivity index (χ0n) is 13.6. The number of carbonyl (C=O) groups excluding carboxylic acids is 1. The third kappa shape index (κ3) is 3.65. The average molecular weight is 356 g/mol. The third-order valence-corrected chi connectivity index (χ3v) is 5.30. The number of hydrogen-bond donors (Lipinski definition) is 2. The Hall–Kier alpha value is -2.20. The Balaban J connectivity index is 2.28. The van der Waals surface area contributed by atoms with Crippen LogP contribution < -0.4 is 10.0 Å². The first kappa shape index (κ1) is 18.1. The number of rotatable bonds is 6. The average Bonchev–Trinajstić information content (AvgIpc) is 2.88. The van der Waals surface area contributed by atoms with E-state index in [-0.39, 0.29) is 40.7 Å². The van der Waals surface area contributed by atoms with Crippen molar-refractivity contribution in [2.45, 2.75) is 37.2 Å². The summed E-state index contributed by atoms with van der Waals surface area (Å²) < 4.78 is 25.7. The molecule has 1 fully saturated rings. The number of hydrogen-bond acceptors (Lipinski definition) is 6. The molecule has 0 spiro atoms. The first-order valence-corrected chi connectivity index (χ1v) is 8.92. The Morgan fingerprint density at radius 1 is 1.38 bits per heavy atom. The molecule has 0 bridgehead atoms. The molecule has 2 N–H and O–H groups in total. The molecule has 24 heavy (non-hydrogen) atoms. The molecular formula is C14H20N4O5S. The van der Waals surface area contributed by atoms with E-state index in [2.05, 4.69) is 10.0 Å². The van der Waals surface area contributed by atoms with Gasteiger partial charge in [-0.25, -0.2) is 13.1 Å². The molecule has 10 heteroatoms. The van der Waals surface area contributed by atoms with E-state index < -0.39 is 14.9 Å². The molecule has 0 saturated carbocycles. The van der Waals surface area contributed by atoms with Gasteiger partial charge in [0.05, 0.1) is 15.9 Å². The zero-order valence-corrected chi connectivity index (χ0v) is 14.5. The maximum Gasteiger partial charge on any atom is 0.293 e. The molecule has 1 aromatic carbocycles. The van der Waals surface area contributed by atoms with Crippen molar-refractivity contribution in [1.82, 2.24) is 9.62 Å². The van der Waals surface area contributed by atoms with E-state index in [0.717, 1.165) is 6.07 Å². The molecule has 1 amide bonds. The maximum absolute atomic E-state index is 11.9. The Bertz CT molecular complexity index is 762. The van der Waals surface area contributed by atoms with E-state index in [1.165, 1.54) is 19.2 Å². The van der Waals surface area contributed by atoms with Gasteiger partial charge in [0.2, 0.25) is 15.9 Å². The summed E-state index contributed by atoms with van der Waals surface area (Å²) in [5, 5.41) is 14.3. The predicted molar refractivity (Wildman–Crippen MR) is 88.2 cm³/mol. The van der Waals surface area contributed by atoms with Gasteiger partial charge in [-0.1, -0.05) is 0 Å². The quantitative estimate of drug-likeness (QED) is 0.577. The first-order valence-electron chi connectivity index (χ1n) is 7.43. The lowest BCUT2D eigenvalue weighted by atomic mass is 10.2. The molecule has 0 unspecified atom stereocenters. The lowest BCUT2D eigenvalue weighted by Crippen LogP contribution is -2.33. The van der Waals surface area contributed by atoms with E-state index in [9.17, 15) is 23.3 Å². The summed E-state index contributed by atoms with van der Waals surface area (Å²) in [4.78, 5) is 24.1. The molecule has 9 nitrogen and oxygen atoms in total. The van der Waals surface area contributed by atoms with Crippen LogP contribution in [-0.2, 0) is 14.8 Å². The molecule has 0 aromatic heterocycles. The van der Waals surface area contributed by atoms with Crippen molar-refractivity contribution < 1.29 is 18.1 Å². The summed E-state index contributed by atoms with van der Waals surface area (Å²) in [6.45, 7) is 4.25. The number of nitro benzene ring substituents is 1. The molecule has 1 atom stereocenters. The second kappa shape index (κ2) is 6.73. The number of anilines is 1. The summed E-state index contributed by atoms with van der Waals surface area (Å²) in [7, 11) is -2.54. The minimum atomic E-state index is -3.77. The van der Waals surface area contributed by atoms with Gasteiger partial charge in [-0.3, -0.25) is 14.9 Å². The van der Waals surface area contributed by atoms with Crippen LogP contribution >= 0.6 is 0 Å². The molecule has 1 aromatic rings. The fraction of sp³-hybridized carbons (Fsp3) is 0.500. The van der Waals surface area contributed by atoms with Gasteiger partial charge in [-0.15, -0.1) is 0 Å². The van der Waals surface area contributed by atoms with E-state index >= 15 is 0 Å². The van der Waals surface area contributed by atoms with Crippen LogP contribution in [0.25, 0.3) is 0 Å². The highest BCUT2D eigenvalue weighted by atomic mass is 32.2. The molecule has 1 saturated heterocycles. The first-order chi connectivity index (χ1) is 11.2. The highest BCUT2D eigenvalue weighted by Gasteiger charge is 2.32. The summed E-state index contributed by atoms with van der Waals surface area (Å²) in [5.41, 5.74) is -0.153. The number of nitro groups is 1. The van der Waals surface area contributed by atoms with Gasteiger partial charge >= 0.3 is 0 Å². The lowest BCUT2D eigenvalue weighted by molar-refractivity contribution is -0.384. The fourth-order valence-electron chi connectivity index (χ4n) is 2.62. The summed E-state index contributed by atoms with van der Waals surface area (Å²) in [6, 6.07) is 3.45. The molecule has 0 radical (unpaired) electrons. The van der Waals surface area contributed by atoms with Gasteiger partial charge in [0.1, 0.15) is 5.69 Å². The van der Waals surface area contributed by atoms with Crippen LogP contribution in [0.4, 0.5) is 11.4 Å². The van der Waals surface area contributed by atoms with Gasteiger partial charge < -0.3 is 10.2 Å². The van der Waals surface area contributed by atoms with Crippen molar-refractivity contribution in [1.29, 1.82) is 0 Å². The lowest BCUT2D eigenvalue weighted by Gasteiger charge is -2.21. The second-order valence-electron chi connectivity index (χ2n) is 5.83. The Morgan fingerprint density at radius 2 is 2.04 bits per heavy atom. The van der Waals surface area contributed by atoms with Crippen LogP contribution in [0.3, 0.4) is 0 Å². The van der Waals surface area contributed by atoms with Crippen molar-refractivity contribution in [2.75, 3.05) is 18.9 Å². The van der Waals surface area contributed by atoms with Crippen molar-refractivity contribution in [3.63, 3.8) is 0 Å². The third-order valence-electron chi connectivity index (χ3n) is 3.89. The van der Waals surface area contributed by atoms with Crippen LogP contribution in [-0.4, -0.2) is 49.8 Å². The molecule has 1 aliphatic rings. The minimum Gasteiger partial charge on any atom is -0.374 e. The SMILES string of the molecule is CNS(=O)(=O)c1ccc(N[C@H]2CC(=O)N(C(C)C)C2)c([N+](=O)[O-])c1. The zero-order chi connectivity index (χ0) is 18.1. The van der Waals surface area contributed by atoms with Crippen LogP contribution in [0.15, 0.2) is 23.1 Å². The van der Waals surface area contributed by atoms with Crippen LogP contribution in [0.2, 0.25) is 0 Å². The smallest absolute Gasteiger partial charge is 0.293 e. The maximum atomic E-state index is 11.9. The fourth-order valence-corrected chi connectivity index (χ4v) is 3.37. The number of nitrogens with zero attached hydrogens (tertiary/aromatic N) is 2. The summed E-state index contributed by atoms with van der Waals surface area (Å²) in [6.07, 6.45) is 0.242. The summed E-state index contributed by atoms with van der Waals surface area (Å²) in [5.74, 6) is -0.0143. The molecule has 1 heterocycles. The highest BCUT2D eigenvalue weighted by Crippen LogP contribution is 2.29. The van der Waals surface area contributed by atoms with Crippen LogP contribution in [0, 0.1) is 10.1 Å². The predicted octanol–water partition coefficient (Wildman–Crippen LogP) is 0.924. The number of carbonyl (C=O) groups is 1. The monoisotopic (exact) mass is 356 g/mol. The largest absolute Gasteiger partial charge is 0.374 e. The van der Waals surface area contributed by atoms with E-state index in [0.29, 0.717) is 6.54 Å². The van der Waals surface area contributed by atoms with E-state index in [4.69, 9.17) is 0 Å². The minimum absolute atomic E-state index is 0.0143. The Morgan fingerprint density at radius 3 is 2.54 bits per heavy atom. The molecule has 132 valence electrons.